The average Bonchev–Trinajstić information content (AvgIpc) is 3.14. The minimum Gasteiger partial charge on any atom is -0.474 e. The first-order chi connectivity index (χ1) is 16.7. The standard InChI is InChI=1S/C25H33N5O4S/c1-13(2)11-27-24-28-14(3)20(35-24)22(32)29-16-7-25(8-16)9-17(10-25)34-23-18(21(26)31)6-15-12-33-5-4-19(15)30-23/h6,13,16-17H,4-5,7-12H2,1-3H3,(H2,26,31)(H,27,28)(H,29,32)/t16-,17-,25?. The first-order valence-corrected chi connectivity index (χ1v) is 13.1. The number of anilines is 1. The van der Waals surface area contributed by atoms with Crippen LogP contribution in [0, 0.1) is 18.3 Å². The molecule has 1 spiro atoms. The Hall–Kier alpha value is -2.72. The molecule has 4 N–H and O–H groups in total. The molecule has 2 aromatic rings. The molecule has 0 aromatic carbocycles. The third kappa shape index (κ3) is 4.99. The molecule has 188 valence electrons. The number of nitrogens with zero attached hydrogens (tertiary/aromatic N) is 2. The lowest BCUT2D eigenvalue weighted by atomic mass is 9.53. The summed E-state index contributed by atoms with van der Waals surface area (Å²) in [6.45, 7) is 8.05. The van der Waals surface area contributed by atoms with E-state index >= 15 is 0 Å². The summed E-state index contributed by atoms with van der Waals surface area (Å²) in [7, 11) is 0. The molecule has 2 amide bonds. The number of thiazole rings is 1. The van der Waals surface area contributed by atoms with Crippen molar-refractivity contribution in [2.75, 3.05) is 18.5 Å². The van der Waals surface area contributed by atoms with Crippen molar-refractivity contribution in [1.82, 2.24) is 15.3 Å². The summed E-state index contributed by atoms with van der Waals surface area (Å²) in [6.07, 6.45) is 4.37. The van der Waals surface area contributed by atoms with Gasteiger partial charge in [0.1, 0.15) is 16.5 Å². The van der Waals surface area contributed by atoms with E-state index in [1.165, 1.54) is 11.3 Å². The average molecular weight is 500 g/mol. The number of ether oxygens (including phenoxy) is 2. The number of pyridine rings is 1. The van der Waals surface area contributed by atoms with Crippen LogP contribution in [0.5, 0.6) is 5.88 Å². The van der Waals surface area contributed by atoms with E-state index in [-0.39, 0.29) is 23.5 Å². The molecular formula is C25H33N5O4S. The van der Waals surface area contributed by atoms with Crippen LogP contribution < -0.4 is 21.1 Å². The largest absolute Gasteiger partial charge is 0.474 e. The summed E-state index contributed by atoms with van der Waals surface area (Å²) in [5, 5.41) is 7.27. The molecule has 10 heteroatoms. The molecule has 5 rings (SSSR count). The zero-order chi connectivity index (χ0) is 24.7. The molecule has 0 atom stereocenters. The zero-order valence-corrected chi connectivity index (χ0v) is 21.3. The molecule has 2 saturated carbocycles. The predicted octanol–water partition coefficient (Wildman–Crippen LogP) is 3.21. The summed E-state index contributed by atoms with van der Waals surface area (Å²) in [5.41, 5.74) is 8.67. The SMILES string of the molecule is Cc1nc(NCC(C)C)sc1C(=O)N[C@H]1CC2(C1)C[C@H](Oc1nc3c(cc1C(N)=O)COCC3)C2. The smallest absolute Gasteiger partial charge is 0.263 e. The number of rotatable bonds is 8. The summed E-state index contributed by atoms with van der Waals surface area (Å²) >= 11 is 1.41. The van der Waals surface area contributed by atoms with E-state index in [9.17, 15) is 9.59 Å². The van der Waals surface area contributed by atoms with Crippen molar-refractivity contribution in [1.29, 1.82) is 0 Å². The van der Waals surface area contributed by atoms with Crippen LogP contribution in [0.25, 0.3) is 0 Å². The quantitative estimate of drug-likeness (QED) is 0.509. The van der Waals surface area contributed by atoms with Gasteiger partial charge in [-0.1, -0.05) is 25.2 Å². The minimum atomic E-state index is -0.540. The van der Waals surface area contributed by atoms with Gasteiger partial charge in [0.25, 0.3) is 11.8 Å². The van der Waals surface area contributed by atoms with Crippen LogP contribution in [0.2, 0.25) is 0 Å². The first-order valence-electron chi connectivity index (χ1n) is 12.3. The number of fused-ring (bicyclic) bond motifs is 1. The number of aromatic nitrogens is 2. The number of amides is 2. The first kappa shape index (κ1) is 24.0. The van der Waals surface area contributed by atoms with Gasteiger partial charge in [0, 0.05) is 24.6 Å². The molecule has 2 aromatic heterocycles. The highest BCUT2D eigenvalue weighted by Crippen LogP contribution is 2.57. The van der Waals surface area contributed by atoms with Crippen molar-refractivity contribution in [3.63, 3.8) is 0 Å². The van der Waals surface area contributed by atoms with Crippen molar-refractivity contribution in [2.45, 2.75) is 71.6 Å². The van der Waals surface area contributed by atoms with Crippen LogP contribution in [-0.2, 0) is 17.8 Å². The third-order valence-electron chi connectivity index (χ3n) is 7.12. The maximum Gasteiger partial charge on any atom is 0.263 e. The second kappa shape index (κ2) is 9.39. The van der Waals surface area contributed by atoms with Gasteiger partial charge >= 0.3 is 0 Å². The molecule has 3 aliphatic rings. The third-order valence-corrected chi connectivity index (χ3v) is 8.23. The molecule has 35 heavy (non-hydrogen) atoms. The second-order valence-electron chi connectivity index (χ2n) is 10.5. The maximum atomic E-state index is 12.8. The summed E-state index contributed by atoms with van der Waals surface area (Å²) < 4.78 is 11.6. The van der Waals surface area contributed by atoms with Crippen molar-refractivity contribution in [3.8, 4) is 5.88 Å². The van der Waals surface area contributed by atoms with E-state index in [2.05, 4.69) is 34.4 Å². The van der Waals surface area contributed by atoms with E-state index in [1.54, 1.807) is 6.07 Å². The van der Waals surface area contributed by atoms with Crippen molar-refractivity contribution < 1.29 is 19.1 Å². The fraction of sp³-hybridized carbons (Fsp3) is 0.600. The van der Waals surface area contributed by atoms with Gasteiger partial charge in [-0.25, -0.2) is 9.97 Å². The fourth-order valence-electron chi connectivity index (χ4n) is 5.33. The molecular weight excluding hydrogens is 466 g/mol. The molecule has 9 nitrogen and oxygen atoms in total. The van der Waals surface area contributed by atoms with Gasteiger partial charge in [-0.15, -0.1) is 0 Å². The molecule has 0 unspecified atom stereocenters. The highest BCUT2D eigenvalue weighted by Gasteiger charge is 2.54. The monoisotopic (exact) mass is 499 g/mol. The Morgan fingerprint density at radius 3 is 2.77 bits per heavy atom. The molecule has 0 radical (unpaired) electrons. The van der Waals surface area contributed by atoms with E-state index < -0.39 is 5.91 Å². The molecule has 1 aliphatic heterocycles. The van der Waals surface area contributed by atoms with Gasteiger partial charge in [-0.2, -0.15) is 0 Å². The van der Waals surface area contributed by atoms with Crippen LogP contribution in [0.4, 0.5) is 5.13 Å². The fourth-order valence-corrected chi connectivity index (χ4v) is 6.20. The number of aryl methyl sites for hydroxylation is 1. The van der Waals surface area contributed by atoms with E-state index in [0.29, 0.717) is 41.9 Å². The van der Waals surface area contributed by atoms with Gasteiger partial charge in [0.05, 0.1) is 24.6 Å². The van der Waals surface area contributed by atoms with Gasteiger partial charge in [0.15, 0.2) is 5.13 Å². The number of nitrogens with one attached hydrogen (secondary N) is 2. The number of carbonyl (C=O) groups excluding carboxylic acids is 2. The normalized spacial score (nSPS) is 24.9. The van der Waals surface area contributed by atoms with Crippen LogP contribution in [0.3, 0.4) is 0 Å². The number of hydrogen-bond acceptors (Lipinski definition) is 8. The number of carbonyl (C=O) groups is 2. The Kier molecular flexibility index (Phi) is 6.43. The zero-order valence-electron chi connectivity index (χ0n) is 20.5. The summed E-state index contributed by atoms with van der Waals surface area (Å²) in [4.78, 5) is 34.5. The lowest BCUT2D eigenvalue weighted by Crippen LogP contribution is -2.58. The van der Waals surface area contributed by atoms with Gasteiger partial charge in [-0.3, -0.25) is 9.59 Å². The van der Waals surface area contributed by atoms with Crippen molar-refractivity contribution in [3.05, 3.63) is 33.5 Å². The highest BCUT2D eigenvalue weighted by atomic mass is 32.1. The van der Waals surface area contributed by atoms with Gasteiger partial charge in [0.2, 0.25) is 5.88 Å². The lowest BCUT2D eigenvalue weighted by molar-refractivity contribution is -0.0849. The molecule has 3 heterocycles. The van der Waals surface area contributed by atoms with Gasteiger partial charge < -0.3 is 25.8 Å². The van der Waals surface area contributed by atoms with Crippen LogP contribution in [0.15, 0.2) is 6.07 Å². The Balaban J connectivity index is 1.13. The Morgan fingerprint density at radius 1 is 1.29 bits per heavy atom. The van der Waals surface area contributed by atoms with Crippen molar-refractivity contribution in [2.24, 2.45) is 17.1 Å². The molecule has 0 saturated heterocycles. The number of primary amides is 1. The number of nitrogens with two attached hydrogens (primary N) is 1. The van der Waals surface area contributed by atoms with E-state index in [1.807, 2.05) is 6.92 Å². The Bertz CT molecular complexity index is 1130. The topological polar surface area (TPSA) is 128 Å². The molecule has 2 aliphatic carbocycles. The number of hydrogen-bond donors (Lipinski definition) is 3. The molecule has 0 bridgehead atoms. The van der Waals surface area contributed by atoms with Crippen molar-refractivity contribution >= 4 is 28.3 Å². The predicted molar refractivity (Wildman–Crippen MR) is 133 cm³/mol. The van der Waals surface area contributed by atoms with Gasteiger partial charge in [-0.05, 0) is 50.0 Å². The van der Waals surface area contributed by atoms with Crippen LogP contribution >= 0.6 is 11.3 Å². The Morgan fingerprint density at radius 2 is 2.06 bits per heavy atom. The Labute approximate surface area is 209 Å². The summed E-state index contributed by atoms with van der Waals surface area (Å²) in [5.74, 6) is 0.267. The maximum absolute atomic E-state index is 12.8. The minimum absolute atomic E-state index is 0.00784. The summed E-state index contributed by atoms with van der Waals surface area (Å²) in [6, 6.07) is 1.92. The van der Waals surface area contributed by atoms with E-state index in [4.69, 9.17) is 15.2 Å². The van der Waals surface area contributed by atoms with E-state index in [0.717, 1.165) is 54.3 Å². The highest BCUT2D eigenvalue weighted by molar-refractivity contribution is 7.17. The van der Waals surface area contributed by atoms with Crippen LogP contribution in [-0.4, -0.2) is 47.1 Å². The lowest BCUT2D eigenvalue weighted by Gasteiger charge is -2.57. The molecule has 2 fully saturated rings. The van der Waals surface area contributed by atoms with Crippen LogP contribution in [0.1, 0.15) is 76.5 Å². The second-order valence-corrected chi connectivity index (χ2v) is 11.5.